The van der Waals surface area contributed by atoms with E-state index < -0.39 is 11.9 Å². The van der Waals surface area contributed by atoms with Gasteiger partial charge in [0, 0.05) is 18.7 Å². The Labute approximate surface area is 113 Å². The third kappa shape index (κ3) is 2.79. The number of nitrogens with one attached hydrogen (secondary N) is 1. The van der Waals surface area contributed by atoms with Gasteiger partial charge in [-0.1, -0.05) is 13.8 Å². The van der Waals surface area contributed by atoms with Gasteiger partial charge in [0.25, 0.3) is 0 Å². The molecule has 106 valence electrons. The van der Waals surface area contributed by atoms with Crippen LogP contribution in [-0.2, 0) is 4.74 Å². The van der Waals surface area contributed by atoms with E-state index in [4.69, 9.17) is 4.74 Å². The fourth-order valence-electron chi connectivity index (χ4n) is 2.56. The first-order valence-electron chi connectivity index (χ1n) is 6.85. The maximum Gasteiger partial charge on any atom is 0.129 e. The Kier molecular flexibility index (Phi) is 4.21. The summed E-state index contributed by atoms with van der Waals surface area (Å²) in [5, 5.41) is 3.27. The van der Waals surface area contributed by atoms with Crippen molar-refractivity contribution in [2.24, 2.45) is 0 Å². The normalized spacial score (nSPS) is 22.5. The molecular weight excluding hydrogens is 248 g/mol. The summed E-state index contributed by atoms with van der Waals surface area (Å²) in [5.41, 5.74) is 0.348. The van der Waals surface area contributed by atoms with Crippen molar-refractivity contribution in [3.63, 3.8) is 0 Å². The van der Waals surface area contributed by atoms with Crippen molar-refractivity contribution in [3.8, 4) is 0 Å². The summed E-state index contributed by atoms with van der Waals surface area (Å²) in [4.78, 5) is 0. The monoisotopic (exact) mass is 269 g/mol. The summed E-state index contributed by atoms with van der Waals surface area (Å²) < 4.78 is 33.7. The largest absolute Gasteiger partial charge is 0.364 e. The SMILES string of the molecule is CCC1(CC)CNCC(c2cc(F)c(C)cc2F)O1. The van der Waals surface area contributed by atoms with Crippen LogP contribution in [0, 0.1) is 18.6 Å². The molecule has 1 aromatic carbocycles. The Morgan fingerprint density at radius 3 is 2.58 bits per heavy atom. The number of morpholine rings is 1. The minimum Gasteiger partial charge on any atom is -0.364 e. The van der Waals surface area contributed by atoms with Gasteiger partial charge in [-0.05, 0) is 37.5 Å². The standard InChI is InChI=1S/C15H21F2NO/c1-4-15(5-2)9-18-8-14(19-15)11-7-12(16)10(3)6-13(11)17/h6-7,14,18H,4-5,8-9H2,1-3H3. The Morgan fingerprint density at radius 1 is 1.26 bits per heavy atom. The molecule has 0 bridgehead atoms. The first-order chi connectivity index (χ1) is 9.01. The van der Waals surface area contributed by atoms with E-state index >= 15 is 0 Å². The number of benzene rings is 1. The first kappa shape index (κ1) is 14.4. The lowest BCUT2D eigenvalue weighted by molar-refractivity contribution is -0.123. The van der Waals surface area contributed by atoms with Crippen molar-refractivity contribution in [1.82, 2.24) is 5.32 Å². The summed E-state index contributed by atoms with van der Waals surface area (Å²) in [6.07, 6.45) is 1.27. The zero-order chi connectivity index (χ0) is 14.0. The molecule has 4 heteroatoms. The quantitative estimate of drug-likeness (QED) is 0.907. The van der Waals surface area contributed by atoms with Crippen molar-refractivity contribution < 1.29 is 13.5 Å². The van der Waals surface area contributed by atoms with Crippen LogP contribution >= 0.6 is 0 Å². The van der Waals surface area contributed by atoms with Gasteiger partial charge in [0.2, 0.25) is 0 Å². The average molecular weight is 269 g/mol. The summed E-state index contributed by atoms with van der Waals surface area (Å²) in [7, 11) is 0. The highest BCUT2D eigenvalue weighted by Crippen LogP contribution is 2.33. The lowest BCUT2D eigenvalue weighted by Crippen LogP contribution is -2.50. The van der Waals surface area contributed by atoms with E-state index in [1.807, 2.05) is 0 Å². The Bertz CT molecular complexity index is 458. The van der Waals surface area contributed by atoms with Gasteiger partial charge in [0.15, 0.2) is 0 Å². The van der Waals surface area contributed by atoms with E-state index in [9.17, 15) is 8.78 Å². The second-order valence-corrected chi connectivity index (χ2v) is 5.25. The highest BCUT2D eigenvalue weighted by atomic mass is 19.1. The Balaban J connectivity index is 2.29. The maximum atomic E-state index is 14.0. The molecule has 1 aromatic rings. The third-order valence-electron chi connectivity index (χ3n) is 4.08. The summed E-state index contributed by atoms with van der Waals surface area (Å²) >= 11 is 0. The molecule has 1 aliphatic rings. The van der Waals surface area contributed by atoms with Crippen molar-refractivity contribution in [2.45, 2.75) is 45.3 Å². The minimum atomic E-state index is -0.427. The first-order valence-corrected chi connectivity index (χ1v) is 6.85. The number of ether oxygens (including phenoxy) is 1. The smallest absolute Gasteiger partial charge is 0.129 e. The molecule has 1 unspecified atom stereocenters. The molecule has 1 N–H and O–H groups in total. The van der Waals surface area contributed by atoms with Crippen molar-refractivity contribution in [1.29, 1.82) is 0 Å². The van der Waals surface area contributed by atoms with Gasteiger partial charge >= 0.3 is 0 Å². The molecule has 19 heavy (non-hydrogen) atoms. The zero-order valence-electron chi connectivity index (χ0n) is 11.7. The minimum absolute atomic E-state index is 0.281. The predicted octanol–water partition coefficient (Wildman–Crippen LogP) is 3.49. The lowest BCUT2D eigenvalue weighted by Gasteiger charge is -2.41. The van der Waals surface area contributed by atoms with Gasteiger partial charge in [-0.15, -0.1) is 0 Å². The van der Waals surface area contributed by atoms with E-state index in [2.05, 4.69) is 19.2 Å². The number of rotatable bonds is 3. The van der Waals surface area contributed by atoms with Crippen LogP contribution in [-0.4, -0.2) is 18.7 Å². The van der Waals surface area contributed by atoms with Crippen LogP contribution in [0.5, 0.6) is 0 Å². The Hall–Kier alpha value is -1.00. The van der Waals surface area contributed by atoms with Crippen molar-refractivity contribution in [2.75, 3.05) is 13.1 Å². The topological polar surface area (TPSA) is 21.3 Å². The van der Waals surface area contributed by atoms with E-state index in [1.165, 1.54) is 12.1 Å². The zero-order valence-corrected chi connectivity index (χ0v) is 11.7. The molecule has 1 atom stereocenters. The Morgan fingerprint density at radius 2 is 1.95 bits per heavy atom. The van der Waals surface area contributed by atoms with Crippen LogP contribution < -0.4 is 5.32 Å². The highest BCUT2D eigenvalue weighted by Gasteiger charge is 2.35. The molecule has 1 heterocycles. The van der Waals surface area contributed by atoms with Crippen LogP contribution in [0.25, 0.3) is 0 Å². The molecule has 0 spiro atoms. The molecule has 2 nitrogen and oxygen atoms in total. The number of halogens is 2. The fourth-order valence-corrected chi connectivity index (χ4v) is 2.56. The second-order valence-electron chi connectivity index (χ2n) is 5.25. The van der Waals surface area contributed by atoms with Gasteiger partial charge in [-0.25, -0.2) is 8.78 Å². The second kappa shape index (κ2) is 5.55. The molecule has 1 fully saturated rings. The number of hydrogen-bond acceptors (Lipinski definition) is 2. The van der Waals surface area contributed by atoms with Crippen LogP contribution in [0.2, 0.25) is 0 Å². The van der Waals surface area contributed by atoms with Crippen LogP contribution in [0.1, 0.15) is 43.9 Å². The van der Waals surface area contributed by atoms with Gasteiger partial charge in [-0.3, -0.25) is 0 Å². The summed E-state index contributed by atoms with van der Waals surface area (Å²) in [6, 6.07) is 2.50. The van der Waals surface area contributed by atoms with Gasteiger partial charge in [0.1, 0.15) is 11.6 Å². The number of hydrogen-bond donors (Lipinski definition) is 1. The highest BCUT2D eigenvalue weighted by molar-refractivity contribution is 5.27. The van der Waals surface area contributed by atoms with E-state index in [0.29, 0.717) is 17.7 Å². The lowest BCUT2D eigenvalue weighted by atomic mass is 9.93. The predicted molar refractivity (Wildman–Crippen MR) is 71.1 cm³/mol. The summed E-state index contributed by atoms with van der Waals surface area (Å²) in [5.74, 6) is -0.780. The van der Waals surface area contributed by atoms with Gasteiger partial charge in [-0.2, -0.15) is 0 Å². The van der Waals surface area contributed by atoms with E-state index in [0.717, 1.165) is 19.4 Å². The third-order valence-corrected chi connectivity index (χ3v) is 4.08. The van der Waals surface area contributed by atoms with Gasteiger partial charge in [0.05, 0.1) is 11.7 Å². The van der Waals surface area contributed by atoms with Crippen LogP contribution in [0.15, 0.2) is 12.1 Å². The average Bonchev–Trinajstić information content (AvgIpc) is 2.43. The van der Waals surface area contributed by atoms with Crippen LogP contribution in [0.3, 0.4) is 0 Å². The van der Waals surface area contributed by atoms with E-state index in [1.54, 1.807) is 6.92 Å². The molecule has 0 aromatic heterocycles. The molecule has 0 saturated carbocycles. The van der Waals surface area contributed by atoms with E-state index in [-0.39, 0.29) is 11.4 Å². The van der Waals surface area contributed by atoms with Crippen molar-refractivity contribution in [3.05, 3.63) is 34.9 Å². The van der Waals surface area contributed by atoms with Crippen molar-refractivity contribution >= 4 is 0 Å². The summed E-state index contributed by atoms with van der Waals surface area (Å²) in [6.45, 7) is 6.94. The molecule has 0 radical (unpaired) electrons. The molecule has 1 aliphatic heterocycles. The molecule has 1 saturated heterocycles. The maximum absolute atomic E-state index is 14.0. The van der Waals surface area contributed by atoms with Crippen LogP contribution in [0.4, 0.5) is 8.78 Å². The molecular formula is C15H21F2NO. The fraction of sp³-hybridized carbons (Fsp3) is 0.600. The van der Waals surface area contributed by atoms with Gasteiger partial charge < -0.3 is 10.1 Å². The molecule has 0 aliphatic carbocycles. The number of aryl methyl sites for hydroxylation is 1. The molecule has 0 amide bonds. The molecule has 2 rings (SSSR count).